The normalized spacial score (nSPS) is 16.8. The van der Waals surface area contributed by atoms with Gasteiger partial charge in [-0.1, -0.05) is 18.6 Å². The molecule has 0 saturated carbocycles. The quantitative estimate of drug-likeness (QED) is 0.595. The van der Waals surface area contributed by atoms with Crippen molar-refractivity contribution in [2.45, 2.75) is 38.6 Å². The van der Waals surface area contributed by atoms with Crippen LogP contribution in [0.4, 0.5) is 4.39 Å². The molecule has 0 unspecified atom stereocenters. The van der Waals surface area contributed by atoms with Crippen LogP contribution < -0.4 is 5.32 Å². The number of nitrogens with one attached hydrogen (secondary N) is 1. The first-order chi connectivity index (χ1) is 10.2. The van der Waals surface area contributed by atoms with Crippen LogP contribution in [-0.4, -0.2) is 31.1 Å². The van der Waals surface area contributed by atoms with Crippen LogP contribution in [0.2, 0.25) is 0 Å². The number of halogens is 2. The van der Waals surface area contributed by atoms with E-state index in [4.69, 9.17) is 0 Å². The number of hydrogen-bond donors (Lipinski definition) is 1. The zero-order chi connectivity index (χ0) is 15.1. The molecule has 0 radical (unpaired) electrons. The van der Waals surface area contributed by atoms with E-state index in [1.54, 1.807) is 12.1 Å². The molecular weight excluding hydrogens is 299 g/mol. The Labute approximate surface area is 140 Å². The molecule has 1 fully saturated rings. The van der Waals surface area contributed by atoms with Crippen LogP contribution in [0.25, 0.3) is 0 Å². The van der Waals surface area contributed by atoms with Gasteiger partial charge in [0.25, 0.3) is 0 Å². The predicted octanol–water partition coefficient (Wildman–Crippen LogP) is 4.25. The van der Waals surface area contributed by atoms with Crippen molar-refractivity contribution in [2.75, 3.05) is 26.2 Å². The van der Waals surface area contributed by atoms with Gasteiger partial charge in [-0.15, -0.1) is 19.0 Å². The first kappa shape index (κ1) is 19.1. The average Bonchev–Trinajstić information content (AvgIpc) is 2.49. The van der Waals surface area contributed by atoms with E-state index in [1.807, 2.05) is 19.1 Å². The van der Waals surface area contributed by atoms with E-state index in [2.05, 4.69) is 16.8 Å². The molecule has 1 aromatic carbocycles. The first-order valence-corrected chi connectivity index (χ1v) is 8.04. The highest BCUT2D eigenvalue weighted by Crippen LogP contribution is 2.29. The van der Waals surface area contributed by atoms with E-state index in [0.717, 1.165) is 44.6 Å². The van der Waals surface area contributed by atoms with Crippen molar-refractivity contribution in [2.24, 2.45) is 0 Å². The Kier molecular flexibility index (Phi) is 8.69. The molecule has 1 aliphatic rings. The van der Waals surface area contributed by atoms with Gasteiger partial charge in [-0.25, -0.2) is 4.39 Å². The van der Waals surface area contributed by atoms with E-state index < -0.39 is 0 Å². The van der Waals surface area contributed by atoms with Gasteiger partial charge in [-0.2, -0.15) is 0 Å². The van der Waals surface area contributed by atoms with E-state index >= 15 is 0 Å². The molecule has 124 valence electrons. The lowest BCUT2D eigenvalue weighted by Gasteiger charge is -2.36. The molecule has 1 aliphatic heterocycles. The Morgan fingerprint density at radius 2 is 2.05 bits per heavy atom. The number of unbranched alkanes of at least 4 members (excludes halogenated alkanes) is 2. The summed E-state index contributed by atoms with van der Waals surface area (Å²) in [6.07, 6.45) is 6.59. The maximum Gasteiger partial charge on any atom is 0.123 e. The molecule has 0 amide bonds. The second kappa shape index (κ2) is 9.98. The van der Waals surface area contributed by atoms with Gasteiger partial charge in [0.2, 0.25) is 0 Å². The SMILES string of the molecule is C=CCCCC[C@@H](c1ccc(F)cc1C)N1CCNCC1.Cl. The summed E-state index contributed by atoms with van der Waals surface area (Å²) < 4.78 is 13.4. The molecular formula is C18H28ClFN2. The summed E-state index contributed by atoms with van der Waals surface area (Å²) in [6.45, 7) is 10.0. The summed E-state index contributed by atoms with van der Waals surface area (Å²) >= 11 is 0. The summed E-state index contributed by atoms with van der Waals surface area (Å²) in [5.74, 6) is -0.137. The van der Waals surface area contributed by atoms with Crippen molar-refractivity contribution in [1.29, 1.82) is 0 Å². The summed E-state index contributed by atoms with van der Waals surface area (Å²) in [7, 11) is 0. The third kappa shape index (κ3) is 5.38. The van der Waals surface area contributed by atoms with Crippen LogP contribution in [0.5, 0.6) is 0 Å². The second-order valence-electron chi connectivity index (χ2n) is 5.88. The lowest BCUT2D eigenvalue weighted by atomic mass is 9.94. The molecule has 1 N–H and O–H groups in total. The van der Waals surface area contributed by atoms with Gasteiger partial charge in [0.1, 0.15) is 5.82 Å². The number of nitrogens with zero attached hydrogens (tertiary/aromatic N) is 1. The van der Waals surface area contributed by atoms with Crippen molar-refractivity contribution in [1.82, 2.24) is 10.2 Å². The van der Waals surface area contributed by atoms with Crippen molar-refractivity contribution in [3.05, 3.63) is 47.8 Å². The molecule has 0 aromatic heterocycles. The highest BCUT2D eigenvalue weighted by atomic mass is 35.5. The Morgan fingerprint density at radius 3 is 2.68 bits per heavy atom. The Hall–Kier alpha value is -0.900. The minimum Gasteiger partial charge on any atom is -0.314 e. The van der Waals surface area contributed by atoms with Crippen molar-refractivity contribution in [3.63, 3.8) is 0 Å². The molecule has 0 spiro atoms. The number of allylic oxidation sites excluding steroid dienone is 1. The van der Waals surface area contributed by atoms with Crippen molar-refractivity contribution in [3.8, 4) is 0 Å². The zero-order valence-electron chi connectivity index (χ0n) is 13.5. The Balaban J connectivity index is 0.00000242. The van der Waals surface area contributed by atoms with Crippen molar-refractivity contribution >= 4 is 12.4 Å². The molecule has 1 saturated heterocycles. The van der Waals surface area contributed by atoms with Gasteiger partial charge in [-0.3, -0.25) is 4.90 Å². The smallest absolute Gasteiger partial charge is 0.123 e. The van der Waals surface area contributed by atoms with Gasteiger partial charge in [0.05, 0.1) is 0 Å². The van der Waals surface area contributed by atoms with E-state index in [1.165, 1.54) is 18.4 Å². The maximum absolute atomic E-state index is 13.4. The minimum absolute atomic E-state index is 0. The molecule has 1 heterocycles. The van der Waals surface area contributed by atoms with Gasteiger partial charge >= 0.3 is 0 Å². The predicted molar refractivity (Wildman–Crippen MR) is 94.2 cm³/mol. The van der Waals surface area contributed by atoms with E-state index in [0.29, 0.717) is 6.04 Å². The lowest BCUT2D eigenvalue weighted by molar-refractivity contribution is 0.162. The fraction of sp³-hybridized carbons (Fsp3) is 0.556. The third-order valence-electron chi connectivity index (χ3n) is 4.32. The second-order valence-corrected chi connectivity index (χ2v) is 5.88. The number of piperazine rings is 1. The van der Waals surface area contributed by atoms with E-state index in [-0.39, 0.29) is 18.2 Å². The Morgan fingerprint density at radius 1 is 1.32 bits per heavy atom. The number of benzene rings is 1. The summed E-state index contributed by atoms with van der Waals surface area (Å²) in [6, 6.07) is 5.65. The monoisotopic (exact) mass is 326 g/mol. The van der Waals surface area contributed by atoms with Gasteiger partial charge in [0, 0.05) is 32.2 Å². The number of hydrogen-bond acceptors (Lipinski definition) is 2. The molecule has 22 heavy (non-hydrogen) atoms. The molecule has 0 bridgehead atoms. The Bertz CT molecular complexity index is 458. The summed E-state index contributed by atoms with van der Waals surface area (Å²) in [5.41, 5.74) is 2.36. The highest BCUT2D eigenvalue weighted by molar-refractivity contribution is 5.85. The third-order valence-corrected chi connectivity index (χ3v) is 4.32. The lowest BCUT2D eigenvalue weighted by Crippen LogP contribution is -2.45. The summed E-state index contributed by atoms with van der Waals surface area (Å²) in [4.78, 5) is 2.55. The molecule has 1 atom stereocenters. The van der Waals surface area contributed by atoms with Gasteiger partial charge in [-0.05, 0) is 49.4 Å². The molecule has 0 aliphatic carbocycles. The fourth-order valence-corrected chi connectivity index (χ4v) is 3.17. The minimum atomic E-state index is -0.137. The number of rotatable bonds is 7. The molecule has 2 rings (SSSR count). The van der Waals surface area contributed by atoms with Gasteiger partial charge in [0.15, 0.2) is 0 Å². The molecule has 2 nitrogen and oxygen atoms in total. The maximum atomic E-state index is 13.4. The largest absolute Gasteiger partial charge is 0.314 e. The van der Waals surface area contributed by atoms with Crippen LogP contribution in [-0.2, 0) is 0 Å². The van der Waals surface area contributed by atoms with Crippen LogP contribution in [0.3, 0.4) is 0 Å². The van der Waals surface area contributed by atoms with E-state index in [9.17, 15) is 4.39 Å². The van der Waals surface area contributed by atoms with Crippen LogP contribution in [0, 0.1) is 12.7 Å². The van der Waals surface area contributed by atoms with Crippen LogP contribution in [0.15, 0.2) is 30.9 Å². The standard InChI is InChI=1S/C18H27FN2.ClH/c1-3-4-5-6-7-18(21-12-10-20-11-13-21)17-9-8-16(19)14-15(17)2;/h3,8-9,14,18,20H,1,4-7,10-13H2,2H3;1H/t18-;/m0./s1. The zero-order valence-corrected chi connectivity index (χ0v) is 14.3. The summed E-state index contributed by atoms with van der Waals surface area (Å²) in [5, 5.41) is 3.41. The van der Waals surface area contributed by atoms with Crippen LogP contribution in [0.1, 0.15) is 42.9 Å². The number of aryl methyl sites for hydroxylation is 1. The highest BCUT2D eigenvalue weighted by Gasteiger charge is 2.23. The molecule has 1 aromatic rings. The van der Waals surface area contributed by atoms with Crippen LogP contribution >= 0.6 is 12.4 Å². The average molecular weight is 327 g/mol. The van der Waals surface area contributed by atoms with Gasteiger partial charge < -0.3 is 5.32 Å². The first-order valence-electron chi connectivity index (χ1n) is 8.04. The fourth-order valence-electron chi connectivity index (χ4n) is 3.17. The topological polar surface area (TPSA) is 15.3 Å². The molecule has 4 heteroatoms. The van der Waals surface area contributed by atoms with Crippen molar-refractivity contribution < 1.29 is 4.39 Å².